The lowest BCUT2D eigenvalue weighted by molar-refractivity contribution is -0.255. The second-order valence-corrected chi connectivity index (χ2v) is 12.5. The van der Waals surface area contributed by atoms with Gasteiger partial charge in [-0.15, -0.1) is 6.58 Å². The Bertz CT molecular complexity index is 1320. The molecule has 1 aromatic rings. The van der Waals surface area contributed by atoms with Gasteiger partial charge in [-0.1, -0.05) is 37.1 Å². The number of allylic oxidation sites excluding steroid dienone is 1. The van der Waals surface area contributed by atoms with Gasteiger partial charge in [0.05, 0.1) is 25.3 Å². The molecule has 6 atom stereocenters. The highest BCUT2D eigenvalue weighted by molar-refractivity contribution is 6.02. The maximum Gasteiger partial charge on any atom is 0.412 e. The summed E-state index contributed by atoms with van der Waals surface area (Å²) < 4.78 is 24.9. The Morgan fingerprint density at radius 1 is 1.15 bits per heavy atom. The highest BCUT2D eigenvalue weighted by Gasteiger charge is 2.65. The minimum atomic E-state index is -1.36. The number of rotatable bonds is 17. The van der Waals surface area contributed by atoms with E-state index in [1.807, 2.05) is 19.9 Å². The standard InChI is InChI=1S/C36H53N3O9/c1-6-17-39(35(43)44-4)31-23-29(38-45-5)27-21-24(13-9-11-18-40)26(14-10-12-19-41)32-28-22-25(47-34(42)37-8-3)15-16-30(28)48-36(31,33(27)32)46-20-7-2/h7,15-16,21-22,24,26,31-33,40-41H,2,6,8-14,17-20,23H2,1,3-5H3,(H,37,42). The Hall–Kier alpha value is -3.61. The van der Waals surface area contributed by atoms with Crippen LogP contribution in [0.25, 0.3) is 0 Å². The van der Waals surface area contributed by atoms with Gasteiger partial charge in [0, 0.05) is 44.2 Å². The van der Waals surface area contributed by atoms with Crippen molar-refractivity contribution >= 4 is 17.9 Å². The van der Waals surface area contributed by atoms with Crippen molar-refractivity contribution in [3.63, 3.8) is 0 Å². The molecule has 12 heteroatoms. The zero-order chi connectivity index (χ0) is 34.7. The number of benzene rings is 1. The van der Waals surface area contributed by atoms with Crippen LogP contribution in [0.1, 0.15) is 76.7 Å². The zero-order valence-electron chi connectivity index (χ0n) is 28.8. The average Bonchev–Trinajstić information content (AvgIpc) is 3.08. The Labute approximate surface area is 284 Å². The Morgan fingerprint density at radius 3 is 2.54 bits per heavy atom. The van der Waals surface area contributed by atoms with Crippen LogP contribution in [-0.4, -0.2) is 92.0 Å². The first-order chi connectivity index (χ1) is 23.3. The largest absolute Gasteiger partial charge is 0.459 e. The molecule has 1 saturated carbocycles. The molecule has 6 unspecified atom stereocenters. The average molecular weight is 672 g/mol. The van der Waals surface area contributed by atoms with Crippen LogP contribution in [0.2, 0.25) is 0 Å². The highest BCUT2D eigenvalue weighted by atomic mass is 16.7. The van der Waals surface area contributed by atoms with Crippen molar-refractivity contribution in [1.82, 2.24) is 10.2 Å². The summed E-state index contributed by atoms with van der Waals surface area (Å²) >= 11 is 0. The van der Waals surface area contributed by atoms with Gasteiger partial charge in [0.15, 0.2) is 0 Å². The van der Waals surface area contributed by atoms with Crippen LogP contribution in [0, 0.1) is 17.8 Å². The summed E-state index contributed by atoms with van der Waals surface area (Å²) in [6.45, 7) is 8.93. The van der Waals surface area contributed by atoms with Crippen molar-refractivity contribution in [2.45, 2.75) is 83.0 Å². The van der Waals surface area contributed by atoms with Crippen molar-refractivity contribution < 1.29 is 43.6 Å². The van der Waals surface area contributed by atoms with Gasteiger partial charge in [-0.25, -0.2) is 9.59 Å². The van der Waals surface area contributed by atoms with Gasteiger partial charge in [0.25, 0.3) is 0 Å². The fourth-order valence-electron chi connectivity index (χ4n) is 7.84. The van der Waals surface area contributed by atoms with Gasteiger partial charge >= 0.3 is 12.2 Å². The smallest absolute Gasteiger partial charge is 0.412 e. The number of unbranched alkanes of at least 4 members (excludes halogenated alkanes) is 2. The number of nitrogens with one attached hydrogen (secondary N) is 1. The summed E-state index contributed by atoms with van der Waals surface area (Å²) in [6.07, 6.45) is 8.44. The lowest BCUT2D eigenvalue weighted by Crippen LogP contribution is -2.70. The molecule has 0 bridgehead atoms. The topological polar surface area (TPSA) is 148 Å². The molecule has 266 valence electrons. The van der Waals surface area contributed by atoms with Crippen molar-refractivity contribution in [1.29, 1.82) is 0 Å². The predicted molar refractivity (Wildman–Crippen MR) is 181 cm³/mol. The molecule has 1 aliphatic heterocycles. The highest BCUT2D eigenvalue weighted by Crippen LogP contribution is 2.61. The molecule has 3 aliphatic rings. The number of carbonyl (C=O) groups excluding carboxylic acids is 2. The first-order valence-corrected chi connectivity index (χ1v) is 17.3. The number of aliphatic hydroxyl groups is 2. The Kier molecular flexibility index (Phi) is 13.7. The number of nitrogens with zero attached hydrogens (tertiary/aromatic N) is 2. The van der Waals surface area contributed by atoms with Crippen molar-refractivity contribution in [2.24, 2.45) is 22.9 Å². The molecule has 2 amide bonds. The number of methoxy groups -OCH3 is 1. The fourth-order valence-corrected chi connectivity index (χ4v) is 7.84. The quantitative estimate of drug-likeness (QED) is 0.110. The van der Waals surface area contributed by atoms with Crippen LogP contribution in [0.15, 0.2) is 47.7 Å². The number of amides is 2. The molecular formula is C36H53N3O9. The van der Waals surface area contributed by atoms with Crippen LogP contribution >= 0.6 is 0 Å². The van der Waals surface area contributed by atoms with E-state index in [1.165, 1.54) is 14.2 Å². The molecule has 0 saturated heterocycles. The van der Waals surface area contributed by atoms with Gasteiger partial charge in [0.1, 0.15) is 24.7 Å². The molecule has 1 aromatic carbocycles. The summed E-state index contributed by atoms with van der Waals surface area (Å²) in [5.74, 6) is -0.933. The molecule has 1 fully saturated rings. The summed E-state index contributed by atoms with van der Waals surface area (Å²) in [6, 6.07) is 4.74. The summed E-state index contributed by atoms with van der Waals surface area (Å²) in [4.78, 5) is 33.1. The van der Waals surface area contributed by atoms with Crippen LogP contribution in [0.5, 0.6) is 11.5 Å². The molecular weight excluding hydrogens is 618 g/mol. The predicted octanol–water partition coefficient (Wildman–Crippen LogP) is 5.54. The molecule has 1 heterocycles. The van der Waals surface area contributed by atoms with Crippen molar-refractivity contribution in [2.75, 3.05) is 47.1 Å². The van der Waals surface area contributed by atoms with E-state index in [1.54, 1.807) is 23.1 Å². The zero-order valence-corrected chi connectivity index (χ0v) is 28.8. The molecule has 12 nitrogen and oxygen atoms in total. The van der Waals surface area contributed by atoms with E-state index in [2.05, 4.69) is 23.1 Å². The maximum absolute atomic E-state index is 13.5. The third-order valence-corrected chi connectivity index (χ3v) is 9.63. The van der Waals surface area contributed by atoms with E-state index < -0.39 is 29.9 Å². The van der Waals surface area contributed by atoms with E-state index in [9.17, 15) is 19.8 Å². The van der Waals surface area contributed by atoms with Gasteiger partial charge in [0.2, 0.25) is 5.79 Å². The number of hydrogen-bond donors (Lipinski definition) is 3. The lowest BCUT2D eigenvalue weighted by atomic mass is 9.55. The van der Waals surface area contributed by atoms with Crippen LogP contribution in [0.3, 0.4) is 0 Å². The number of fused-ring (bicyclic) bond motifs is 2. The third-order valence-electron chi connectivity index (χ3n) is 9.63. The van der Waals surface area contributed by atoms with Crippen molar-refractivity contribution in [3.8, 4) is 11.5 Å². The fraction of sp³-hybridized carbons (Fsp3) is 0.639. The monoisotopic (exact) mass is 671 g/mol. The number of aliphatic hydroxyl groups excluding tert-OH is 2. The number of ether oxygens (including phenoxy) is 4. The van der Waals surface area contributed by atoms with E-state index in [4.69, 9.17) is 23.8 Å². The second-order valence-electron chi connectivity index (χ2n) is 12.5. The second kappa shape index (κ2) is 17.7. The van der Waals surface area contributed by atoms with E-state index in [0.717, 1.165) is 36.8 Å². The third kappa shape index (κ3) is 7.82. The van der Waals surface area contributed by atoms with Crippen LogP contribution in [0.4, 0.5) is 9.59 Å². The van der Waals surface area contributed by atoms with E-state index in [-0.39, 0.29) is 37.6 Å². The van der Waals surface area contributed by atoms with Gasteiger partial charge in [-0.3, -0.25) is 4.90 Å². The minimum absolute atomic E-state index is 0.0540. The molecule has 0 spiro atoms. The first-order valence-electron chi connectivity index (χ1n) is 17.3. The molecule has 2 aliphatic carbocycles. The Balaban J connectivity index is 2.02. The maximum atomic E-state index is 13.5. The normalized spacial score (nSPS) is 26.3. The summed E-state index contributed by atoms with van der Waals surface area (Å²) in [5, 5.41) is 26.6. The summed E-state index contributed by atoms with van der Waals surface area (Å²) in [7, 11) is 2.88. The molecule has 48 heavy (non-hydrogen) atoms. The van der Waals surface area contributed by atoms with Crippen LogP contribution in [-0.2, 0) is 14.3 Å². The van der Waals surface area contributed by atoms with Gasteiger partial charge in [-0.05, 0) is 74.6 Å². The Morgan fingerprint density at radius 2 is 1.90 bits per heavy atom. The molecule has 0 aromatic heterocycles. The number of oxime groups is 1. The van der Waals surface area contributed by atoms with Gasteiger partial charge in [-0.2, -0.15) is 0 Å². The number of hydrogen-bond acceptors (Lipinski definition) is 10. The summed E-state index contributed by atoms with van der Waals surface area (Å²) in [5.41, 5.74) is 2.49. The van der Waals surface area contributed by atoms with E-state index in [0.29, 0.717) is 56.0 Å². The molecule has 4 rings (SSSR count). The van der Waals surface area contributed by atoms with Crippen molar-refractivity contribution in [3.05, 3.63) is 48.1 Å². The SMILES string of the molecule is C=CCOC12Oc3ccc(OC(=O)NCC)cc3C3C(CCCCO)C(CCCCO)C=C(C(=NOC)CC1N(CCC)C(=O)OC)C32. The van der Waals surface area contributed by atoms with Gasteiger partial charge < -0.3 is 39.3 Å². The molecule has 3 N–H and O–H groups in total. The lowest BCUT2D eigenvalue weighted by Gasteiger charge is -2.59. The molecule has 0 radical (unpaired) electrons. The first kappa shape index (κ1) is 37.2. The van der Waals surface area contributed by atoms with E-state index >= 15 is 0 Å². The number of carbonyl (C=O) groups is 2. The van der Waals surface area contributed by atoms with Crippen LogP contribution < -0.4 is 14.8 Å². The minimum Gasteiger partial charge on any atom is -0.459 e.